The Balaban J connectivity index is 1.40. The molecule has 2 aromatic rings. The van der Waals surface area contributed by atoms with Gasteiger partial charge in [0.2, 0.25) is 5.91 Å². The van der Waals surface area contributed by atoms with E-state index in [0.717, 1.165) is 63.4 Å². The quantitative estimate of drug-likeness (QED) is 0.780. The fraction of sp³-hybridized carbons (Fsp3) is 0.545. The highest BCUT2D eigenvalue weighted by molar-refractivity contribution is 5.95. The monoisotopic (exact) mass is 395 g/mol. The maximum atomic E-state index is 13.2. The van der Waals surface area contributed by atoms with Crippen molar-refractivity contribution >= 4 is 11.8 Å². The molecule has 2 aromatic heterocycles. The van der Waals surface area contributed by atoms with Crippen molar-refractivity contribution in [3.8, 4) is 5.82 Å². The molecule has 0 aromatic carbocycles. The smallest absolute Gasteiger partial charge is 0.257 e. The number of amides is 2. The van der Waals surface area contributed by atoms with Crippen molar-refractivity contribution in [1.29, 1.82) is 0 Å². The number of carbonyl (C=O) groups excluding carboxylic acids is 2. The second-order valence-corrected chi connectivity index (χ2v) is 7.99. The van der Waals surface area contributed by atoms with Gasteiger partial charge in [0.15, 0.2) is 5.82 Å². The lowest BCUT2D eigenvalue weighted by atomic mass is 9.94. The Hall–Kier alpha value is -2.70. The van der Waals surface area contributed by atoms with E-state index >= 15 is 0 Å². The van der Waals surface area contributed by atoms with Gasteiger partial charge < -0.3 is 9.80 Å². The lowest BCUT2D eigenvalue weighted by Gasteiger charge is -2.36. The maximum absolute atomic E-state index is 13.2. The van der Waals surface area contributed by atoms with Crippen LogP contribution < -0.4 is 0 Å². The van der Waals surface area contributed by atoms with Crippen molar-refractivity contribution < 1.29 is 9.59 Å². The highest BCUT2D eigenvalue weighted by Crippen LogP contribution is 2.24. The van der Waals surface area contributed by atoms with Crippen LogP contribution in [0.2, 0.25) is 0 Å². The molecule has 0 spiro atoms. The standard InChI is InChI=1S/C22H29N5O2/c1-2-19-18(15-24-27(19)20-7-3-5-11-23-20)22(29)25-13-9-17(10-14-25)16-26-12-6-4-8-21(26)28/h3,5,7,11,15,17H,2,4,6,8-10,12-14,16H2,1H3. The van der Waals surface area contributed by atoms with Crippen molar-refractivity contribution in [2.75, 3.05) is 26.2 Å². The van der Waals surface area contributed by atoms with E-state index in [1.807, 2.05) is 34.9 Å². The predicted octanol–water partition coefficient (Wildman–Crippen LogP) is 2.69. The first-order chi connectivity index (χ1) is 14.2. The van der Waals surface area contributed by atoms with Crippen LogP contribution >= 0.6 is 0 Å². The third-order valence-corrected chi connectivity index (χ3v) is 6.10. The van der Waals surface area contributed by atoms with Crippen LogP contribution in [0.5, 0.6) is 0 Å². The van der Waals surface area contributed by atoms with Gasteiger partial charge in [0.05, 0.1) is 17.5 Å². The summed E-state index contributed by atoms with van der Waals surface area (Å²) < 4.78 is 1.77. The van der Waals surface area contributed by atoms with E-state index in [1.54, 1.807) is 17.1 Å². The Kier molecular flexibility index (Phi) is 5.92. The number of hydrogen-bond acceptors (Lipinski definition) is 4. The molecule has 4 heterocycles. The zero-order valence-corrected chi connectivity index (χ0v) is 17.1. The van der Waals surface area contributed by atoms with Crippen LogP contribution in [0.1, 0.15) is 55.1 Å². The van der Waals surface area contributed by atoms with Crippen molar-refractivity contribution in [3.63, 3.8) is 0 Å². The number of aromatic nitrogens is 3. The fourth-order valence-electron chi connectivity index (χ4n) is 4.42. The molecule has 29 heavy (non-hydrogen) atoms. The predicted molar refractivity (Wildman–Crippen MR) is 110 cm³/mol. The van der Waals surface area contributed by atoms with E-state index in [2.05, 4.69) is 10.1 Å². The van der Waals surface area contributed by atoms with Crippen molar-refractivity contribution in [1.82, 2.24) is 24.6 Å². The Morgan fingerprint density at radius 3 is 2.69 bits per heavy atom. The third-order valence-electron chi connectivity index (χ3n) is 6.10. The van der Waals surface area contributed by atoms with Gasteiger partial charge in [-0.1, -0.05) is 13.0 Å². The number of hydrogen-bond donors (Lipinski definition) is 0. The summed E-state index contributed by atoms with van der Waals surface area (Å²) in [4.78, 5) is 33.5. The molecule has 0 radical (unpaired) electrons. The lowest BCUT2D eigenvalue weighted by molar-refractivity contribution is -0.134. The van der Waals surface area contributed by atoms with Gasteiger partial charge in [-0.3, -0.25) is 9.59 Å². The zero-order chi connectivity index (χ0) is 20.2. The molecule has 2 aliphatic rings. The minimum absolute atomic E-state index is 0.0523. The van der Waals surface area contributed by atoms with Crippen LogP contribution in [0.25, 0.3) is 5.82 Å². The number of rotatable bonds is 5. The van der Waals surface area contributed by atoms with E-state index in [-0.39, 0.29) is 5.91 Å². The molecule has 0 atom stereocenters. The minimum Gasteiger partial charge on any atom is -0.342 e. The first-order valence-corrected chi connectivity index (χ1v) is 10.7. The molecule has 2 aliphatic heterocycles. The number of pyridine rings is 1. The van der Waals surface area contributed by atoms with Gasteiger partial charge in [0.1, 0.15) is 0 Å². The van der Waals surface area contributed by atoms with Crippen LogP contribution in [0, 0.1) is 5.92 Å². The van der Waals surface area contributed by atoms with Crippen molar-refractivity contribution in [2.24, 2.45) is 5.92 Å². The second-order valence-electron chi connectivity index (χ2n) is 7.99. The van der Waals surface area contributed by atoms with Crippen LogP contribution in [0.15, 0.2) is 30.6 Å². The molecule has 0 N–H and O–H groups in total. The van der Waals surface area contributed by atoms with Crippen LogP contribution in [0.3, 0.4) is 0 Å². The van der Waals surface area contributed by atoms with Crippen LogP contribution in [-0.4, -0.2) is 62.6 Å². The summed E-state index contributed by atoms with van der Waals surface area (Å²) in [7, 11) is 0. The molecule has 0 unspecified atom stereocenters. The van der Waals surface area contributed by atoms with Gasteiger partial charge in [-0.15, -0.1) is 0 Å². The summed E-state index contributed by atoms with van der Waals surface area (Å²) in [5.74, 6) is 1.57. The molecular weight excluding hydrogens is 366 g/mol. The van der Waals surface area contributed by atoms with Crippen molar-refractivity contribution in [2.45, 2.75) is 45.4 Å². The minimum atomic E-state index is 0.0523. The zero-order valence-electron chi connectivity index (χ0n) is 17.1. The molecular formula is C22H29N5O2. The molecule has 2 amide bonds. The van der Waals surface area contributed by atoms with Gasteiger partial charge >= 0.3 is 0 Å². The van der Waals surface area contributed by atoms with E-state index in [4.69, 9.17) is 0 Å². The first kappa shape index (κ1) is 19.6. The van der Waals surface area contributed by atoms with Crippen LogP contribution in [-0.2, 0) is 11.2 Å². The molecule has 0 aliphatic carbocycles. The van der Waals surface area contributed by atoms with Gasteiger partial charge in [0, 0.05) is 38.8 Å². The summed E-state index contributed by atoms with van der Waals surface area (Å²) in [5, 5.41) is 4.44. The molecule has 0 saturated carbocycles. The van der Waals surface area contributed by atoms with Gasteiger partial charge in [-0.2, -0.15) is 5.10 Å². The Morgan fingerprint density at radius 2 is 2.00 bits per heavy atom. The average Bonchev–Trinajstić information content (AvgIpc) is 3.20. The topological polar surface area (TPSA) is 71.3 Å². The highest BCUT2D eigenvalue weighted by Gasteiger charge is 2.29. The first-order valence-electron chi connectivity index (χ1n) is 10.7. The van der Waals surface area contributed by atoms with Crippen LogP contribution in [0.4, 0.5) is 0 Å². The third kappa shape index (κ3) is 4.18. The summed E-state index contributed by atoms with van der Waals surface area (Å²) in [6.07, 6.45) is 8.85. The molecule has 2 fully saturated rings. The summed E-state index contributed by atoms with van der Waals surface area (Å²) in [6.45, 7) is 5.26. The summed E-state index contributed by atoms with van der Waals surface area (Å²) in [5.41, 5.74) is 1.57. The molecule has 7 nitrogen and oxygen atoms in total. The van der Waals surface area contributed by atoms with Gasteiger partial charge in [-0.25, -0.2) is 9.67 Å². The number of carbonyl (C=O) groups is 2. The molecule has 4 rings (SSSR count). The Labute approximate surface area is 171 Å². The Bertz CT molecular complexity index is 855. The molecule has 0 bridgehead atoms. The largest absolute Gasteiger partial charge is 0.342 e. The van der Waals surface area contributed by atoms with E-state index in [0.29, 0.717) is 30.2 Å². The SMILES string of the molecule is CCc1c(C(=O)N2CCC(CN3CCCCC3=O)CC2)cnn1-c1ccccn1. The number of piperidine rings is 2. The molecule has 154 valence electrons. The molecule has 2 saturated heterocycles. The number of nitrogens with zero attached hydrogens (tertiary/aromatic N) is 5. The maximum Gasteiger partial charge on any atom is 0.257 e. The second kappa shape index (κ2) is 8.76. The van der Waals surface area contributed by atoms with Crippen molar-refractivity contribution in [3.05, 3.63) is 41.9 Å². The summed E-state index contributed by atoms with van der Waals surface area (Å²) in [6, 6.07) is 5.68. The lowest BCUT2D eigenvalue weighted by Crippen LogP contribution is -2.44. The number of likely N-dealkylation sites (tertiary alicyclic amines) is 2. The van der Waals surface area contributed by atoms with E-state index in [1.165, 1.54) is 0 Å². The van der Waals surface area contributed by atoms with Gasteiger partial charge in [0.25, 0.3) is 5.91 Å². The van der Waals surface area contributed by atoms with Gasteiger partial charge in [-0.05, 0) is 50.2 Å². The fourth-order valence-corrected chi connectivity index (χ4v) is 4.42. The Morgan fingerprint density at radius 1 is 1.17 bits per heavy atom. The normalized spacial score (nSPS) is 18.3. The molecule has 7 heteroatoms. The average molecular weight is 396 g/mol. The highest BCUT2D eigenvalue weighted by atomic mass is 16.2. The van der Waals surface area contributed by atoms with E-state index < -0.39 is 0 Å². The summed E-state index contributed by atoms with van der Waals surface area (Å²) >= 11 is 0. The van der Waals surface area contributed by atoms with E-state index in [9.17, 15) is 9.59 Å².